The summed E-state index contributed by atoms with van der Waals surface area (Å²) in [6, 6.07) is 0. The number of hydrogen-bond acceptors (Lipinski definition) is 2. The molecule has 0 aliphatic carbocycles. The Kier molecular flexibility index (Phi) is 6.98. The maximum Gasteiger partial charge on any atom is 0.411 e. The van der Waals surface area contributed by atoms with Crippen LogP contribution in [-0.2, 0) is 9.53 Å². The van der Waals surface area contributed by atoms with Crippen molar-refractivity contribution in [1.82, 2.24) is 5.32 Å². The number of hydrogen-bond donors (Lipinski definition) is 1. The first-order valence-corrected chi connectivity index (χ1v) is 5.72. The van der Waals surface area contributed by atoms with Gasteiger partial charge in [0.1, 0.15) is 6.61 Å². The molecule has 0 aliphatic rings. The Hall–Kier alpha value is -0.300. The minimum atomic E-state index is -4.32. The predicted octanol–water partition coefficient (Wildman–Crippen LogP) is 2.10. The number of rotatable bonds is 6. The molecule has 0 aromatic carbocycles. The fourth-order valence-corrected chi connectivity index (χ4v) is 0.996. The SMILES string of the molecule is CC(C)C(Br)C(=O)NCCOCC(F)(F)F. The number of ether oxygens (including phenoxy) is 1. The van der Waals surface area contributed by atoms with Crippen molar-refractivity contribution < 1.29 is 22.7 Å². The topological polar surface area (TPSA) is 38.3 Å². The molecule has 1 atom stereocenters. The van der Waals surface area contributed by atoms with Gasteiger partial charge in [-0.15, -0.1) is 0 Å². The summed E-state index contributed by atoms with van der Waals surface area (Å²) in [6.07, 6.45) is -4.32. The largest absolute Gasteiger partial charge is 0.411 e. The molecule has 1 unspecified atom stereocenters. The summed E-state index contributed by atoms with van der Waals surface area (Å²) in [4.78, 5) is 11.0. The van der Waals surface area contributed by atoms with Gasteiger partial charge in [-0.2, -0.15) is 13.2 Å². The molecule has 0 heterocycles. The van der Waals surface area contributed by atoms with Crippen LogP contribution in [-0.4, -0.2) is 36.7 Å². The summed E-state index contributed by atoms with van der Waals surface area (Å²) >= 11 is 3.18. The van der Waals surface area contributed by atoms with Gasteiger partial charge in [0.15, 0.2) is 0 Å². The molecule has 0 saturated carbocycles. The highest BCUT2D eigenvalue weighted by Crippen LogP contribution is 2.14. The van der Waals surface area contributed by atoms with Gasteiger partial charge in [-0.25, -0.2) is 0 Å². The highest BCUT2D eigenvalue weighted by Gasteiger charge is 2.27. The van der Waals surface area contributed by atoms with E-state index >= 15 is 0 Å². The molecule has 1 N–H and O–H groups in total. The molecule has 0 bridgehead atoms. The third-order valence-corrected chi connectivity index (χ3v) is 3.12. The standard InChI is InChI=1S/C9H15BrF3NO2/c1-6(2)7(10)8(15)14-3-4-16-5-9(11,12)13/h6-7H,3-5H2,1-2H3,(H,14,15). The minimum Gasteiger partial charge on any atom is -0.370 e. The highest BCUT2D eigenvalue weighted by molar-refractivity contribution is 9.10. The monoisotopic (exact) mass is 305 g/mol. The zero-order chi connectivity index (χ0) is 12.8. The normalized spacial score (nSPS) is 13.9. The van der Waals surface area contributed by atoms with E-state index in [-0.39, 0.29) is 29.8 Å². The van der Waals surface area contributed by atoms with Crippen LogP contribution in [0.2, 0.25) is 0 Å². The molecule has 0 aromatic heterocycles. The van der Waals surface area contributed by atoms with E-state index in [9.17, 15) is 18.0 Å². The van der Waals surface area contributed by atoms with Crippen LogP contribution in [0.3, 0.4) is 0 Å². The summed E-state index contributed by atoms with van der Waals surface area (Å²) in [5.41, 5.74) is 0. The van der Waals surface area contributed by atoms with E-state index in [1.54, 1.807) is 0 Å². The van der Waals surface area contributed by atoms with Crippen LogP contribution in [0.4, 0.5) is 13.2 Å². The van der Waals surface area contributed by atoms with Crippen LogP contribution in [0.25, 0.3) is 0 Å². The average molecular weight is 306 g/mol. The molecule has 16 heavy (non-hydrogen) atoms. The first-order valence-electron chi connectivity index (χ1n) is 4.80. The molecule has 96 valence electrons. The maximum absolute atomic E-state index is 11.7. The first-order chi connectivity index (χ1) is 7.24. The van der Waals surface area contributed by atoms with E-state index < -0.39 is 12.8 Å². The van der Waals surface area contributed by atoms with Crippen molar-refractivity contribution in [2.24, 2.45) is 5.92 Å². The van der Waals surface area contributed by atoms with E-state index in [2.05, 4.69) is 26.0 Å². The van der Waals surface area contributed by atoms with Crippen molar-refractivity contribution in [3.63, 3.8) is 0 Å². The Morgan fingerprint density at radius 2 is 2.00 bits per heavy atom. The lowest BCUT2D eigenvalue weighted by molar-refractivity contribution is -0.173. The third kappa shape index (κ3) is 7.92. The van der Waals surface area contributed by atoms with Crippen LogP contribution in [0, 0.1) is 5.92 Å². The number of carbonyl (C=O) groups excluding carboxylic acids is 1. The van der Waals surface area contributed by atoms with Gasteiger partial charge in [-0.1, -0.05) is 29.8 Å². The van der Waals surface area contributed by atoms with Gasteiger partial charge in [-0.05, 0) is 5.92 Å². The number of amides is 1. The molecular formula is C9H15BrF3NO2. The molecule has 0 aromatic rings. The van der Waals surface area contributed by atoms with Crippen molar-refractivity contribution in [3.05, 3.63) is 0 Å². The average Bonchev–Trinajstić information content (AvgIpc) is 2.13. The second kappa shape index (κ2) is 7.11. The lowest BCUT2D eigenvalue weighted by Gasteiger charge is -2.14. The third-order valence-electron chi connectivity index (χ3n) is 1.65. The lowest BCUT2D eigenvalue weighted by Crippen LogP contribution is -2.36. The maximum atomic E-state index is 11.7. The van der Waals surface area contributed by atoms with Crippen LogP contribution in [0.1, 0.15) is 13.8 Å². The van der Waals surface area contributed by atoms with Gasteiger partial charge < -0.3 is 10.1 Å². The summed E-state index contributed by atoms with van der Waals surface area (Å²) < 4.78 is 39.3. The van der Waals surface area contributed by atoms with Gasteiger partial charge >= 0.3 is 6.18 Å². The minimum absolute atomic E-state index is 0.0731. The quantitative estimate of drug-likeness (QED) is 0.603. The fourth-order valence-electron chi connectivity index (χ4n) is 0.835. The second-order valence-electron chi connectivity index (χ2n) is 3.60. The van der Waals surface area contributed by atoms with E-state index in [0.29, 0.717) is 0 Å². The Morgan fingerprint density at radius 1 is 1.44 bits per heavy atom. The van der Waals surface area contributed by atoms with Gasteiger partial charge in [-0.3, -0.25) is 4.79 Å². The Morgan fingerprint density at radius 3 is 2.44 bits per heavy atom. The molecule has 0 spiro atoms. The van der Waals surface area contributed by atoms with Gasteiger partial charge in [0, 0.05) is 6.54 Å². The van der Waals surface area contributed by atoms with E-state index in [1.165, 1.54) is 0 Å². The predicted molar refractivity (Wildman–Crippen MR) is 57.4 cm³/mol. The molecular weight excluding hydrogens is 291 g/mol. The Labute approximate surface area is 101 Å². The molecule has 0 rings (SSSR count). The number of nitrogens with one attached hydrogen (secondary N) is 1. The van der Waals surface area contributed by atoms with Crippen LogP contribution < -0.4 is 5.32 Å². The zero-order valence-electron chi connectivity index (χ0n) is 9.10. The first kappa shape index (κ1) is 15.7. The van der Waals surface area contributed by atoms with Gasteiger partial charge in [0.25, 0.3) is 0 Å². The van der Waals surface area contributed by atoms with Crippen molar-refractivity contribution >= 4 is 21.8 Å². The van der Waals surface area contributed by atoms with Gasteiger partial charge in [0.05, 0.1) is 11.4 Å². The van der Waals surface area contributed by atoms with Crippen molar-refractivity contribution in [1.29, 1.82) is 0 Å². The number of halogens is 4. The van der Waals surface area contributed by atoms with Crippen molar-refractivity contribution in [2.75, 3.05) is 19.8 Å². The van der Waals surface area contributed by atoms with Crippen molar-refractivity contribution in [2.45, 2.75) is 24.9 Å². The smallest absolute Gasteiger partial charge is 0.370 e. The molecule has 0 aliphatic heterocycles. The Bertz CT molecular complexity index is 221. The van der Waals surface area contributed by atoms with Crippen molar-refractivity contribution in [3.8, 4) is 0 Å². The summed E-state index contributed by atoms with van der Waals surface area (Å²) in [7, 11) is 0. The lowest BCUT2D eigenvalue weighted by atomic mass is 10.1. The van der Waals surface area contributed by atoms with Crippen LogP contribution >= 0.6 is 15.9 Å². The second-order valence-corrected chi connectivity index (χ2v) is 4.59. The van der Waals surface area contributed by atoms with E-state index in [0.717, 1.165) is 0 Å². The summed E-state index contributed by atoms with van der Waals surface area (Å²) in [5, 5.41) is 2.47. The Balaban J connectivity index is 3.56. The fraction of sp³-hybridized carbons (Fsp3) is 0.889. The molecule has 3 nitrogen and oxygen atoms in total. The number of alkyl halides is 4. The number of carbonyl (C=O) groups is 1. The van der Waals surface area contributed by atoms with Gasteiger partial charge in [0.2, 0.25) is 5.91 Å². The molecule has 0 radical (unpaired) electrons. The molecule has 0 saturated heterocycles. The van der Waals surface area contributed by atoms with E-state index in [1.807, 2.05) is 13.8 Å². The van der Waals surface area contributed by atoms with E-state index in [4.69, 9.17) is 0 Å². The zero-order valence-corrected chi connectivity index (χ0v) is 10.7. The molecule has 0 fully saturated rings. The molecule has 1 amide bonds. The summed E-state index contributed by atoms with van der Waals surface area (Å²) in [6.45, 7) is 2.36. The molecule has 7 heteroatoms. The highest BCUT2D eigenvalue weighted by atomic mass is 79.9. The van der Waals surface area contributed by atoms with Crippen LogP contribution in [0.15, 0.2) is 0 Å². The summed E-state index contributed by atoms with van der Waals surface area (Å²) in [5.74, 6) is -0.123. The van der Waals surface area contributed by atoms with Crippen LogP contribution in [0.5, 0.6) is 0 Å².